The van der Waals surface area contributed by atoms with E-state index in [9.17, 15) is 4.39 Å². The van der Waals surface area contributed by atoms with Gasteiger partial charge in [-0.3, -0.25) is 0 Å². The van der Waals surface area contributed by atoms with Crippen molar-refractivity contribution in [3.8, 4) is 11.3 Å². The molecule has 0 aliphatic carbocycles. The second kappa shape index (κ2) is 3.38. The van der Waals surface area contributed by atoms with E-state index in [0.717, 1.165) is 11.1 Å². The number of halogens is 1. The third-order valence-corrected chi connectivity index (χ3v) is 2.31. The summed E-state index contributed by atoms with van der Waals surface area (Å²) in [6.45, 7) is 3.53. The number of hydrogen-bond acceptors (Lipinski definition) is 3. The maximum absolute atomic E-state index is 13.2. The minimum Gasteiger partial charge on any atom is -0.368 e. The van der Waals surface area contributed by atoms with Gasteiger partial charge in [0.25, 0.3) is 0 Å². The molecule has 78 valence electrons. The van der Waals surface area contributed by atoms with Crippen molar-refractivity contribution in [2.75, 3.05) is 5.73 Å². The summed E-state index contributed by atoms with van der Waals surface area (Å²) in [4.78, 5) is 0. The maximum atomic E-state index is 13.2. The maximum Gasteiger partial charge on any atom is 0.222 e. The van der Waals surface area contributed by atoms with Crippen molar-refractivity contribution in [3.63, 3.8) is 0 Å². The highest BCUT2D eigenvalue weighted by Crippen LogP contribution is 2.26. The van der Waals surface area contributed by atoms with Crippen molar-refractivity contribution in [1.29, 1.82) is 0 Å². The molecule has 4 heteroatoms. The van der Waals surface area contributed by atoms with Crippen LogP contribution in [-0.2, 0) is 0 Å². The first-order valence-corrected chi connectivity index (χ1v) is 4.57. The first-order chi connectivity index (χ1) is 7.08. The molecule has 0 radical (unpaired) electrons. The zero-order valence-electron chi connectivity index (χ0n) is 8.54. The molecule has 0 atom stereocenters. The Morgan fingerprint density at radius 1 is 1.20 bits per heavy atom. The zero-order chi connectivity index (χ0) is 11.0. The summed E-state index contributed by atoms with van der Waals surface area (Å²) in [6, 6.07) is 4.84. The fourth-order valence-electron chi connectivity index (χ4n) is 1.47. The molecule has 15 heavy (non-hydrogen) atoms. The summed E-state index contributed by atoms with van der Waals surface area (Å²) in [6.07, 6.45) is 0. The lowest BCUT2D eigenvalue weighted by Crippen LogP contribution is -1.89. The Balaban J connectivity index is 2.58. The number of hydrogen-bond donors (Lipinski definition) is 1. The molecule has 0 saturated carbocycles. The van der Waals surface area contributed by atoms with Gasteiger partial charge in [-0.1, -0.05) is 5.16 Å². The highest BCUT2D eigenvalue weighted by molar-refractivity contribution is 5.65. The topological polar surface area (TPSA) is 52.0 Å². The molecule has 2 aromatic rings. The third-order valence-electron chi connectivity index (χ3n) is 2.31. The minimum atomic E-state index is -0.215. The average molecular weight is 206 g/mol. The van der Waals surface area contributed by atoms with Crippen molar-refractivity contribution in [1.82, 2.24) is 5.16 Å². The minimum absolute atomic E-state index is 0.215. The smallest absolute Gasteiger partial charge is 0.222 e. The molecule has 0 saturated heterocycles. The number of aryl methyl sites for hydroxylation is 2. The van der Waals surface area contributed by atoms with Crippen molar-refractivity contribution < 1.29 is 8.91 Å². The van der Waals surface area contributed by atoms with Crippen LogP contribution in [0.15, 0.2) is 22.7 Å². The SMILES string of the molecule is Cc1cc(-c2cc(N)on2)c(C)cc1F. The summed E-state index contributed by atoms with van der Waals surface area (Å²) in [5, 5.41) is 3.80. The number of benzene rings is 1. The molecule has 0 fully saturated rings. The summed E-state index contributed by atoms with van der Waals surface area (Å²) in [5.74, 6) is 0.0408. The number of anilines is 1. The van der Waals surface area contributed by atoms with Crippen LogP contribution in [0.4, 0.5) is 10.3 Å². The number of nitrogens with zero attached hydrogens (tertiary/aromatic N) is 1. The molecule has 0 unspecified atom stereocenters. The van der Waals surface area contributed by atoms with Crippen LogP contribution in [-0.4, -0.2) is 5.16 Å². The van der Waals surface area contributed by atoms with Gasteiger partial charge in [0.2, 0.25) is 5.88 Å². The van der Waals surface area contributed by atoms with E-state index in [1.165, 1.54) is 6.07 Å². The lowest BCUT2D eigenvalue weighted by molar-refractivity contribution is 0.439. The molecular weight excluding hydrogens is 195 g/mol. The second-order valence-electron chi connectivity index (χ2n) is 3.53. The number of rotatable bonds is 1. The van der Waals surface area contributed by atoms with Crippen molar-refractivity contribution in [2.24, 2.45) is 0 Å². The largest absolute Gasteiger partial charge is 0.368 e. The Hall–Kier alpha value is -1.84. The number of aromatic nitrogens is 1. The quantitative estimate of drug-likeness (QED) is 0.780. The van der Waals surface area contributed by atoms with Gasteiger partial charge in [-0.15, -0.1) is 0 Å². The molecule has 2 N–H and O–H groups in total. The van der Waals surface area contributed by atoms with E-state index < -0.39 is 0 Å². The van der Waals surface area contributed by atoms with Crippen LogP contribution in [0.2, 0.25) is 0 Å². The fraction of sp³-hybridized carbons (Fsp3) is 0.182. The summed E-state index contributed by atoms with van der Waals surface area (Å²) >= 11 is 0. The van der Waals surface area contributed by atoms with E-state index in [0.29, 0.717) is 11.3 Å². The lowest BCUT2D eigenvalue weighted by Gasteiger charge is -2.04. The van der Waals surface area contributed by atoms with Gasteiger partial charge in [-0.05, 0) is 37.1 Å². The number of nitrogens with two attached hydrogens (primary N) is 1. The Bertz CT molecular complexity index is 505. The van der Waals surface area contributed by atoms with Gasteiger partial charge in [0.1, 0.15) is 11.5 Å². The predicted octanol–water partition coefficient (Wildman–Crippen LogP) is 2.68. The van der Waals surface area contributed by atoms with Crippen LogP contribution in [0.3, 0.4) is 0 Å². The molecule has 1 aromatic carbocycles. The van der Waals surface area contributed by atoms with Crippen LogP contribution in [0.25, 0.3) is 11.3 Å². The van der Waals surface area contributed by atoms with Crippen LogP contribution >= 0.6 is 0 Å². The van der Waals surface area contributed by atoms with Gasteiger partial charge in [0.05, 0.1) is 0 Å². The van der Waals surface area contributed by atoms with Gasteiger partial charge in [-0.25, -0.2) is 4.39 Å². The van der Waals surface area contributed by atoms with Gasteiger partial charge in [0.15, 0.2) is 0 Å². The molecule has 1 aromatic heterocycles. The van der Waals surface area contributed by atoms with Crippen molar-refractivity contribution in [3.05, 3.63) is 35.1 Å². The molecular formula is C11H11FN2O. The normalized spacial score (nSPS) is 10.6. The molecule has 1 heterocycles. The van der Waals surface area contributed by atoms with E-state index in [1.807, 2.05) is 6.92 Å². The van der Waals surface area contributed by atoms with Gasteiger partial charge in [0, 0.05) is 11.6 Å². The molecule has 2 rings (SSSR count). The standard InChI is InChI=1S/C11H11FN2O/c1-6-4-9(12)7(2)3-8(6)10-5-11(13)15-14-10/h3-5H,13H2,1-2H3. The second-order valence-corrected chi connectivity index (χ2v) is 3.53. The predicted molar refractivity (Wildman–Crippen MR) is 55.8 cm³/mol. The number of nitrogen functional groups attached to an aromatic ring is 1. The summed E-state index contributed by atoms with van der Waals surface area (Å²) in [7, 11) is 0. The fourth-order valence-corrected chi connectivity index (χ4v) is 1.47. The van der Waals surface area contributed by atoms with E-state index in [-0.39, 0.29) is 11.7 Å². The van der Waals surface area contributed by atoms with Gasteiger partial charge >= 0.3 is 0 Å². The monoisotopic (exact) mass is 206 g/mol. The Kier molecular flexibility index (Phi) is 2.19. The zero-order valence-corrected chi connectivity index (χ0v) is 8.54. The van der Waals surface area contributed by atoms with E-state index in [1.54, 1.807) is 19.1 Å². The molecule has 0 aliphatic heterocycles. The van der Waals surface area contributed by atoms with E-state index in [4.69, 9.17) is 10.3 Å². The first-order valence-electron chi connectivity index (χ1n) is 4.57. The molecule has 3 nitrogen and oxygen atoms in total. The van der Waals surface area contributed by atoms with Crippen molar-refractivity contribution in [2.45, 2.75) is 13.8 Å². The molecule has 0 amide bonds. The van der Waals surface area contributed by atoms with Gasteiger partial charge in [-0.2, -0.15) is 0 Å². The van der Waals surface area contributed by atoms with E-state index in [2.05, 4.69) is 5.16 Å². The highest BCUT2D eigenvalue weighted by Gasteiger charge is 2.09. The van der Waals surface area contributed by atoms with Gasteiger partial charge < -0.3 is 10.3 Å². The third kappa shape index (κ3) is 1.70. The van der Waals surface area contributed by atoms with Crippen LogP contribution in [0.5, 0.6) is 0 Å². The Morgan fingerprint density at radius 3 is 2.53 bits per heavy atom. The van der Waals surface area contributed by atoms with Crippen LogP contribution in [0.1, 0.15) is 11.1 Å². The molecule has 0 bridgehead atoms. The van der Waals surface area contributed by atoms with Crippen LogP contribution in [0, 0.1) is 19.7 Å². The Morgan fingerprint density at radius 2 is 1.93 bits per heavy atom. The van der Waals surface area contributed by atoms with Crippen molar-refractivity contribution >= 4 is 5.88 Å². The lowest BCUT2D eigenvalue weighted by atomic mass is 10.0. The molecule has 0 spiro atoms. The average Bonchev–Trinajstić information content (AvgIpc) is 2.58. The van der Waals surface area contributed by atoms with Crippen LogP contribution < -0.4 is 5.73 Å². The molecule has 0 aliphatic rings. The van der Waals surface area contributed by atoms with E-state index >= 15 is 0 Å². The first kappa shape index (κ1) is 9.71. The summed E-state index contributed by atoms with van der Waals surface area (Å²) in [5.41, 5.74) is 8.30. The Labute approximate surface area is 86.7 Å². The summed E-state index contributed by atoms with van der Waals surface area (Å²) < 4.78 is 18.0. The highest BCUT2D eigenvalue weighted by atomic mass is 19.1.